The lowest BCUT2D eigenvalue weighted by Crippen LogP contribution is -2.64. The SMILES string of the molecule is CO[C@]1(C)C[C@@H](C)C(=O)[C@H](C)[C@H]2N(C3CN(C)C3)C(=O)O[C@]2(C)[C@@H](I)OC(=O)[C@H](C)C(=O)[C@H](C)[C@H]1O[C@H]1C[C@@H](N(C)C)C[C@@H](C)O1. The number of carbonyl (C=O) groups excluding carboxylic acids is 4. The molecule has 0 aromatic rings. The Hall–Kier alpha value is -1.39. The third-order valence-corrected chi connectivity index (χ3v) is 12.4. The molecule has 4 rings (SSSR count). The summed E-state index contributed by atoms with van der Waals surface area (Å²) in [6.07, 6.45) is -0.384. The lowest BCUT2D eigenvalue weighted by Gasteiger charge is -2.47. The normalized spacial score (nSPS) is 44.0. The van der Waals surface area contributed by atoms with Crippen LogP contribution < -0.4 is 0 Å². The van der Waals surface area contributed by atoms with Crippen LogP contribution in [0.4, 0.5) is 4.79 Å². The summed E-state index contributed by atoms with van der Waals surface area (Å²) in [6.45, 7) is 13.8. The van der Waals surface area contributed by atoms with Crippen LogP contribution in [0.1, 0.15) is 67.7 Å². The highest BCUT2D eigenvalue weighted by Gasteiger charge is 2.62. The minimum Gasteiger partial charge on any atom is -0.447 e. The fraction of sp³-hybridized carbons (Fsp3) is 0.879. The third kappa shape index (κ3) is 7.15. The maximum Gasteiger partial charge on any atom is 0.411 e. The van der Waals surface area contributed by atoms with Gasteiger partial charge in [0.25, 0.3) is 0 Å². The van der Waals surface area contributed by atoms with Crippen LogP contribution in [0.25, 0.3) is 0 Å². The number of carbonyl (C=O) groups is 4. The number of likely N-dealkylation sites (N-methyl/N-ethyl adjacent to an activating group) is 1. The summed E-state index contributed by atoms with van der Waals surface area (Å²) in [5.74, 6) is -4.30. The van der Waals surface area contributed by atoms with Crippen molar-refractivity contribution in [3.05, 3.63) is 0 Å². The number of esters is 1. The van der Waals surface area contributed by atoms with E-state index in [1.807, 2.05) is 71.4 Å². The molecule has 4 saturated heterocycles. The largest absolute Gasteiger partial charge is 0.447 e. The summed E-state index contributed by atoms with van der Waals surface area (Å²) >= 11 is 1.96. The van der Waals surface area contributed by atoms with Gasteiger partial charge in [-0.3, -0.25) is 19.3 Å². The van der Waals surface area contributed by atoms with Gasteiger partial charge in [0.2, 0.25) is 0 Å². The molecule has 262 valence electrons. The predicted octanol–water partition coefficient (Wildman–Crippen LogP) is 3.52. The second-order valence-corrected chi connectivity index (χ2v) is 15.9. The highest BCUT2D eigenvalue weighted by atomic mass is 127. The van der Waals surface area contributed by atoms with Gasteiger partial charge in [-0.1, -0.05) is 20.8 Å². The number of amides is 1. The Kier molecular flexibility index (Phi) is 11.6. The number of nitrogens with zero attached hydrogens (tertiary/aromatic N) is 3. The Morgan fingerprint density at radius 1 is 0.957 bits per heavy atom. The monoisotopic (exact) mass is 763 g/mol. The number of ether oxygens (including phenoxy) is 5. The molecule has 12 nitrogen and oxygen atoms in total. The van der Waals surface area contributed by atoms with Gasteiger partial charge in [0.15, 0.2) is 21.8 Å². The molecule has 4 aliphatic heterocycles. The maximum absolute atomic E-state index is 14.4. The molecule has 4 fully saturated rings. The number of hydrogen-bond acceptors (Lipinski definition) is 11. The molecule has 1 amide bonds. The van der Waals surface area contributed by atoms with Crippen LogP contribution in [0.15, 0.2) is 0 Å². The molecule has 0 bridgehead atoms. The Morgan fingerprint density at radius 3 is 2.15 bits per heavy atom. The number of methoxy groups -OCH3 is 1. The molecule has 0 unspecified atom stereocenters. The smallest absolute Gasteiger partial charge is 0.411 e. The van der Waals surface area contributed by atoms with Crippen LogP contribution in [0.2, 0.25) is 0 Å². The van der Waals surface area contributed by atoms with E-state index in [0.717, 1.165) is 6.42 Å². The van der Waals surface area contributed by atoms with Gasteiger partial charge in [-0.25, -0.2) is 4.79 Å². The molecule has 4 heterocycles. The molecule has 0 aromatic heterocycles. The van der Waals surface area contributed by atoms with Crippen molar-refractivity contribution in [2.45, 2.75) is 120 Å². The van der Waals surface area contributed by atoms with Crippen molar-refractivity contribution < 1.29 is 42.9 Å². The molecule has 46 heavy (non-hydrogen) atoms. The Morgan fingerprint density at radius 2 is 1.59 bits per heavy atom. The van der Waals surface area contributed by atoms with E-state index in [-0.39, 0.29) is 36.2 Å². The lowest BCUT2D eigenvalue weighted by atomic mass is 9.74. The zero-order valence-electron chi connectivity index (χ0n) is 29.3. The standard InChI is InChI=1S/C33H54IN3O9/c1-17-14-32(6,42-11)28(44-24-13-22(35(8)9)12-18(2)43-24)20(4)26(39)21(5)29(40)45-30(34)33(7)27(19(3)25(17)38)37(31(41)46-33)23-15-36(10)16-23/h17-24,27-28,30H,12-16H2,1-11H3/t17-,18-,19+,20+,21-,22+,24+,27-,28-,30+,32-,33+/m1/s1. The summed E-state index contributed by atoms with van der Waals surface area (Å²) in [5, 5.41) is 0. The quantitative estimate of drug-likeness (QED) is 0.177. The van der Waals surface area contributed by atoms with Crippen LogP contribution >= 0.6 is 22.6 Å². The molecule has 0 spiro atoms. The highest BCUT2D eigenvalue weighted by Crippen LogP contribution is 2.45. The first kappa shape index (κ1) is 37.4. The average molecular weight is 764 g/mol. The Bertz CT molecular complexity index is 1170. The van der Waals surface area contributed by atoms with Gasteiger partial charge < -0.3 is 33.5 Å². The van der Waals surface area contributed by atoms with Gasteiger partial charge >= 0.3 is 12.1 Å². The van der Waals surface area contributed by atoms with Gasteiger partial charge in [0.1, 0.15) is 11.7 Å². The zero-order chi connectivity index (χ0) is 34.5. The van der Waals surface area contributed by atoms with E-state index in [2.05, 4.69) is 9.80 Å². The van der Waals surface area contributed by atoms with Crippen LogP contribution in [0, 0.1) is 23.7 Å². The van der Waals surface area contributed by atoms with E-state index >= 15 is 0 Å². The molecule has 0 radical (unpaired) electrons. The van der Waals surface area contributed by atoms with E-state index in [4.69, 9.17) is 23.7 Å². The molecule has 12 atom stereocenters. The lowest BCUT2D eigenvalue weighted by molar-refractivity contribution is -0.262. The minimum absolute atomic E-state index is 0.0654. The van der Waals surface area contributed by atoms with Crippen molar-refractivity contribution in [2.75, 3.05) is 41.3 Å². The molecule has 0 N–H and O–H groups in total. The molecule has 4 aliphatic rings. The number of hydrogen-bond donors (Lipinski definition) is 0. The first-order valence-corrected chi connectivity index (χ1v) is 17.7. The Labute approximate surface area is 287 Å². The van der Waals surface area contributed by atoms with Crippen molar-refractivity contribution >= 4 is 46.2 Å². The molecule has 13 heteroatoms. The summed E-state index contributed by atoms with van der Waals surface area (Å²) < 4.78 is 30.0. The molecular weight excluding hydrogens is 709 g/mol. The van der Waals surface area contributed by atoms with Crippen LogP contribution in [0.3, 0.4) is 0 Å². The van der Waals surface area contributed by atoms with E-state index in [0.29, 0.717) is 19.5 Å². The van der Waals surface area contributed by atoms with Crippen molar-refractivity contribution in [3.63, 3.8) is 0 Å². The maximum atomic E-state index is 14.4. The number of cyclic esters (lactones) is 1. The summed E-state index contributed by atoms with van der Waals surface area (Å²) in [6, 6.07) is -0.621. The number of rotatable bonds is 5. The zero-order valence-corrected chi connectivity index (χ0v) is 31.4. The van der Waals surface area contributed by atoms with E-state index in [9.17, 15) is 19.2 Å². The number of Topliss-reactive ketones (excluding diaryl/α,β-unsaturated/α-hetero) is 2. The number of halogens is 1. The number of alkyl halides is 1. The van der Waals surface area contributed by atoms with Crippen molar-refractivity contribution in [3.8, 4) is 0 Å². The first-order chi connectivity index (χ1) is 21.3. The minimum atomic E-state index is -1.33. The topological polar surface area (TPSA) is 124 Å². The molecule has 0 saturated carbocycles. The van der Waals surface area contributed by atoms with Gasteiger partial charge in [-0.15, -0.1) is 0 Å². The summed E-state index contributed by atoms with van der Waals surface area (Å²) in [5.41, 5.74) is -2.44. The van der Waals surface area contributed by atoms with Crippen LogP contribution in [-0.4, -0.2) is 132 Å². The van der Waals surface area contributed by atoms with Crippen LogP contribution in [0.5, 0.6) is 0 Å². The van der Waals surface area contributed by atoms with E-state index in [1.54, 1.807) is 25.9 Å². The molecule has 0 aromatic carbocycles. The summed E-state index contributed by atoms with van der Waals surface area (Å²) in [4.78, 5) is 61.4. The van der Waals surface area contributed by atoms with Gasteiger partial charge in [0, 0.05) is 50.4 Å². The fourth-order valence-electron chi connectivity index (χ4n) is 7.97. The van der Waals surface area contributed by atoms with Gasteiger partial charge in [-0.05, 0) is 84.3 Å². The second-order valence-electron chi connectivity index (χ2n) is 14.8. The van der Waals surface area contributed by atoms with Crippen molar-refractivity contribution in [2.24, 2.45) is 23.7 Å². The van der Waals surface area contributed by atoms with Crippen molar-refractivity contribution in [1.82, 2.24) is 14.7 Å². The van der Waals surface area contributed by atoms with Gasteiger partial charge in [-0.2, -0.15) is 0 Å². The van der Waals surface area contributed by atoms with E-state index in [1.165, 1.54) is 6.92 Å². The Balaban J connectivity index is 1.74. The van der Waals surface area contributed by atoms with Crippen LogP contribution in [-0.2, 0) is 38.1 Å². The predicted molar refractivity (Wildman–Crippen MR) is 178 cm³/mol. The van der Waals surface area contributed by atoms with E-state index < -0.39 is 69.5 Å². The summed E-state index contributed by atoms with van der Waals surface area (Å²) in [7, 11) is 7.56. The highest BCUT2D eigenvalue weighted by molar-refractivity contribution is 14.1. The molecule has 0 aliphatic carbocycles. The molecular formula is C33H54IN3O9. The number of ketones is 2. The average Bonchev–Trinajstić information content (AvgIpc) is 3.25. The number of fused-ring (bicyclic) bond motifs is 1. The fourth-order valence-corrected chi connectivity index (χ4v) is 8.72. The van der Waals surface area contributed by atoms with Crippen molar-refractivity contribution in [1.29, 1.82) is 0 Å². The second kappa shape index (κ2) is 14.2. The first-order valence-electron chi connectivity index (χ1n) is 16.5. The third-order valence-electron chi connectivity index (χ3n) is 10.9. The number of likely N-dealkylation sites (tertiary alicyclic amines) is 1. The van der Waals surface area contributed by atoms with Gasteiger partial charge in [0.05, 0.1) is 29.9 Å².